The molecule has 0 fully saturated rings. The zero-order valence-electron chi connectivity index (χ0n) is 8.33. The van der Waals surface area contributed by atoms with Gasteiger partial charge in [0.2, 0.25) is 6.29 Å². The summed E-state index contributed by atoms with van der Waals surface area (Å²) in [4.78, 5) is 5.35. The lowest BCUT2D eigenvalue weighted by molar-refractivity contribution is 0.0404. The molecular formula is C12H9NO2S. The number of ether oxygens (including phenoxy) is 1. The van der Waals surface area contributed by atoms with Gasteiger partial charge < -0.3 is 9.84 Å². The number of aliphatic hydroxyl groups excluding tert-OH is 1. The molecule has 0 amide bonds. The van der Waals surface area contributed by atoms with E-state index in [-0.39, 0.29) is 0 Å². The monoisotopic (exact) mass is 231 g/mol. The van der Waals surface area contributed by atoms with Gasteiger partial charge in [0.25, 0.3) is 0 Å². The highest BCUT2D eigenvalue weighted by Crippen LogP contribution is 2.33. The lowest BCUT2D eigenvalue weighted by Crippen LogP contribution is -2.29. The van der Waals surface area contributed by atoms with Crippen molar-refractivity contribution in [3.8, 4) is 5.75 Å². The number of hydrogen-bond donors (Lipinski definition) is 1. The van der Waals surface area contributed by atoms with Gasteiger partial charge in [-0.2, -0.15) is 0 Å². The lowest BCUT2D eigenvalue weighted by Gasteiger charge is -2.21. The number of benzene rings is 1. The van der Waals surface area contributed by atoms with Crippen LogP contribution in [0, 0.1) is 0 Å². The maximum Gasteiger partial charge on any atom is 0.242 e. The maximum atomic E-state index is 9.84. The number of fused-ring (bicyclic) bond motifs is 1. The van der Waals surface area contributed by atoms with Crippen molar-refractivity contribution in [3.05, 3.63) is 46.7 Å². The third-order valence-electron chi connectivity index (χ3n) is 2.35. The van der Waals surface area contributed by atoms with E-state index < -0.39 is 6.29 Å². The van der Waals surface area contributed by atoms with E-state index in [9.17, 15) is 5.11 Å². The van der Waals surface area contributed by atoms with E-state index in [1.807, 2.05) is 35.7 Å². The van der Waals surface area contributed by atoms with Gasteiger partial charge >= 0.3 is 0 Å². The summed E-state index contributed by atoms with van der Waals surface area (Å²) in [6.07, 6.45) is -0.978. The Labute approximate surface area is 96.7 Å². The van der Waals surface area contributed by atoms with Crippen LogP contribution in [0.4, 0.5) is 5.69 Å². The zero-order valence-corrected chi connectivity index (χ0v) is 9.15. The first-order valence-electron chi connectivity index (χ1n) is 4.91. The molecule has 1 aliphatic heterocycles. The largest absolute Gasteiger partial charge is 0.457 e. The molecule has 3 rings (SSSR count). The van der Waals surface area contributed by atoms with Crippen molar-refractivity contribution in [3.63, 3.8) is 0 Å². The van der Waals surface area contributed by atoms with E-state index in [1.54, 1.807) is 6.07 Å². The summed E-state index contributed by atoms with van der Waals surface area (Å²) in [6.45, 7) is 0. The summed E-state index contributed by atoms with van der Waals surface area (Å²) in [5.74, 6) is 0.621. The molecular weight excluding hydrogens is 222 g/mol. The molecule has 1 aliphatic rings. The zero-order chi connectivity index (χ0) is 11.0. The summed E-state index contributed by atoms with van der Waals surface area (Å²) < 4.78 is 5.40. The fourth-order valence-electron chi connectivity index (χ4n) is 1.61. The molecule has 2 heterocycles. The fourth-order valence-corrected chi connectivity index (χ4v) is 2.34. The quantitative estimate of drug-likeness (QED) is 0.819. The van der Waals surface area contributed by atoms with E-state index in [0.29, 0.717) is 11.5 Å². The van der Waals surface area contributed by atoms with Crippen molar-refractivity contribution < 1.29 is 9.84 Å². The van der Waals surface area contributed by atoms with Gasteiger partial charge in [-0.25, -0.2) is 4.99 Å². The number of thiophene rings is 1. The predicted molar refractivity (Wildman–Crippen MR) is 63.6 cm³/mol. The summed E-state index contributed by atoms with van der Waals surface area (Å²) in [6, 6.07) is 11.3. The van der Waals surface area contributed by atoms with Crippen molar-refractivity contribution >= 4 is 22.7 Å². The molecule has 0 radical (unpaired) electrons. The maximum absolute atomic E-state index is 9.84. The number of nitrogens with zero attached hydrogens (tertiary/aromatic N) is 1. The second kappa shape index (κ2) is 3.73. The third kappa shape index (κ3) is 1.52. The van der Waals surface area contributed by atoms with Crippen LogP contribution in [0.15, 0.2) is 46.8 Å². The van der Waals surface area contributed by atoms with Gasteiger partial charge in [-0.05, 0) is 23.6 Å². The Bertz CT molecular complexity index is 534. The Morgan fingerprint density at radius 3 is 2.88 bits per heavy atom. The smallest absolute Gasteiger partial charge is 0.242 e. The van der Waals surface area contributed by atoms with Gasteiger partial charge in [-0.1, -0.05) is 18.2 Å². The minimum Gasteiger partial charge on any atom is -0.457 e. The Morgan fingerprint density at radius 2 is 2.06 bits per heavy atom. The predicted octanol–water partition coefficient (Wildman–Crippen LogP) is 2.58. The molecule has 1 aromatic carbocycles. The van der Waals surface area contributed by atoms with Crippen molar-refractivity contribution in [1.82, 2.24) is 0 Å². The molecule has 80 valence electrons. The van der Waals surface area contributed by atoms with Crippen LogP contribution in [0.2, 0.25) is 0 Å². The average molecular weight is 231 g/mol. The van der Waals surface area contributed by atoms with E-state index in [1.165, 1.54) is 11.3 Å². The van der Waals surface area contributed by atoms with Crippen molar-refractivity contribution in [2.75, 3.05) is 0 Å². The van der Waals surface area contributed by atoms with Crippen LogP contribution in [0.5, 0.6) is 5.75 Å². The number of para-hydroxylation sites is 2. The molecule has 1 atom stereocenters. The topological polar surface area (TPSA) is 41.8 Å². The molecule has 0 bridgehead atoms. The molecule has 2 aromatic rings. The first-order valence-corrected chi connectivity index (χ1v) is 5.79. The van der Waals surface area contributed by atoms with Gasteiger partial charge in [0.05, 0.1) is 4.88 Å². The van der Waals surface area contributed by atoms with Crippen LogP contribution in [-0.2, 0) is 0 Å². The van der Waals surface area contributed by atoms with Gasteiger partial charge in [-0.15, -0.1) is 11.3 Å². The first-order chi connectivity index (χ1) is 7.84. The Balaban J connectivity index is 2.11. The summed E-state index contributed by atoms with van der Waals surface area (Å²) in [5, 5.41) is 11.8. The number of hydrogen-bond acceptors (Lipinski definition) is 4. The molecule has 1 unspecified atom stereocenters. The Kier molecular flexibility index (Phi) is 2.23. The molecule has 3 nitrogen and oxygen atoms in total. The molecule has 16 heavy (non-hydrogen) atoms. The minimum absolute atomic E-state index is 0.578. The lowest BCUT2D eigenvalue weighted by atomic mass is 10.2. The molecule has 1 N–H and O–H groups in total. The normalized spacial score (nSPS) is 18.6. The molecule has 0 spiro atoms. The van der Waals surface area contributed by atoms with E-state index in [2.05, 4.69) is 4.99 Å². The van der Waals surface area contributed by atoms with Crippen LogP contribution >= 0.6 is 11.3 Å². The highest BCUT2D eigenvalue weighted by atomic mass is 32.1. The number of rotatable bonds is 1. The number of aliphatic imine (C=N–C) groups is 1. The summed E-state index contributed by atoms with van der Waals surface area (Å²) >= 11 is 1.54. The standard InChI is InChI=1S/C12H9NO2S/c14-12-11(10-6-3-7-16-10)13-8-4-1-2-5-9(8)15-12/h1-7,12,14H. The Hall–Kier alpha value is -1.65. The van der Waals surface area contributed by atoms with Crippen LogP contribution in [-0.4, -0.2) is 17.1 Å². The minimum atomic E-state index is -0.978. The van der Waals surface area contributed by atoms with Crippen LogP contribution in [0.1, 0.15) is 4.88 Å². The average Bonchev–Trinajstić information content (AvgIpc) is 2.81. The summed E-state index contributed by atoms with van der Waals surface area (Å²) in [7, 11) is 0. The van der Waals surface area contributed by atoms with Crippen molar-refractivity contribution in [1.29, 1.82) is 0 Å². The van der Waals surface area contributed by atoms with E-state index >= 15 is 0 Å². The SMILES string of the molecule is OC1Oc2ccccc2N=C1c1cccs1. The highest BCUT2D eigenvalue weighted by molar-refractivity contribution is 7.12. The first kappa shape index (κ1) is 9.57. The Morgan fingerprint density at radius 1 is 1.19 bits per heavy atom. The van der Waals surface area contributed by atoms with Gasteiger partial charge in [0.1, 0.15) is 17.1 Å². The number of aliphatic hydroxyl groups is 1. The van der Waals surface area contributed by atoms with Crippen LogP contribution in [0.25, 0.3) is 0 Å². The van der Waals surface area contributed by atoms with Gasteiger partial charge in [-0.3, -0.25) is 0 Å². The van der Waals surface area contributed by atoms with Crippen molar-refractivity contribution in [2.24, 2.45) is 4.99 Å². The van der Waals surface area contributed by atoms with Gasteiger partial charge in [0, 0.05) is 0 Å². The van der Waals surface area contributed by atoms with E-state index in [4.69, 9.17) is 4.74 Å². The molecule has 1 aromatic heterocycles. The van der Waals surface area contributed by atoms with Crippen LogP contribution < -0.4 is 4.74 Å². The fraction of sp³-hybridized carbons (Fsp3) is 0.0833. The van der Waals surface area contributed by atoms with Gasteiger partial charge in [0.15, 0.2) is 0 Å². The molecule has 0 aliphatic carbocycles. The third-order valence-corrected chi connectivity index (χ3v) is 3.24. The second-order valence-corrected chi connectivity index (χ2v) is 4.36. The highest BCUT2D eigenvalue weighted by Gasteiger charge is 2.23. The molecule has 0 saturated carbocycles. The summed E-state index contributed by atoms with van der Waals surface area (Å²) in [5.41, 5.74) is 1.34. The molecule has 0 saturated heterocycles. The van der Waals surface area contributed by atoms with Crippen LogP contribution in [0.3, 0.4) is 0 Å². The molecule has 4 heteroatoms. The second-order valence-electron chi connectivity index (χ2n) is 3.41. The van der Waals surface area contributed by atoms with E-state index in [0.717, 1.165) is 10.6 Å². The van der Waals surface area contributed by atoms with Crippen molar-refractivity contribution in [2.45, 2.75) is 6.29 Å².